The summed E-state index contributed by atoms with van der Waals surface area (Å²) in [4.78, 5) is 13.3. The number of hydrogen-bond acceptors (Lipinski definition) is 4. The molecule has 1 aliphatic heterocycles. The highest BCUT2D eigenvalue weighted by Crippen LogP contribution is 2.45. The number of halogens is 1. The summed E-state index contributed by atoms with van der Waals surface area (Å²) < 4.78 is 19.9. The van der Waals surface area contributed by atoms with Crippen molar-refractivity contribution in [1.82, 2.24) is 5.32 Å². The number of rotatable bonds is 2. The zero-order chi connectivity index (χ0) is 17.6. The van der Waals surface area contributed by atoms with Crippen LogP contribution < -0.4 is 10.1 Å². The van der Waals surface area contributed by atoms with Crippen molar-refractivity contribution in [1.29, 1.82) is 5.26 Å². The van der Waals surface area contributed by atoms with Gasteiger partial charge in [-0.15, -0.1) is 11.3 Å². The van der Waals surface area contributed by atoms with E-state index in [0.717, 1.165) is 10.4 Å². The van der Waals surface area contributed by atoms with Crippen molar-refractivity contribution in [3.63, 3.8) is 0 Å². The zero-order valence-corrected chi connectivity index (χ0v) is 14.1. The van der Waals surface area contributed by atoms with Crippen LogP contribution in [-0.2, 0) is 4.79 Å². The van der Waals surface area contributed by atoms with E-state index in [0.29, 0.717) is 21.4 Å². The Bertz CT molecular complexity index is 1020. The van der Waals surface area contributed by atoms with Gasteiger partial charge in [-0.05, 0) is 23.8 Å². The molecule has 0 spiro atoms. The number of ether oxygens (including phenoxy) is 1. The van der Waals surface area contributed by atoms with Crippen LogP contribution in [0, 0.1) is 17.1 Å². The number of nitrogens with one attached hydrogen (secondary N) is 1. The Balaban J connectivity index is 1.95. The Kier molecular flexibility index (Phi) is 3.66. The number of methoxy groups -OCH3 is 1. The molecule has 0 radical (unpaired) electrons. The molecule has 25 heavy (non-hydrogen) atoms. The summed E-state index contributed by atoms with van der Waals surface area (Å²) in [6.07, 6.45) is 0. The number of hydrogen-bond donors (Lipinski definition) is 1. The van der Waals surface area contributed by atoms with Gasteiger partial charge in [0.25, 0.3) is 0 Å². The molecule has 4 nitrogen and oxygen atoms in total. The minimum absolute atomic E-state index is 0.338. The van der Waals surface area contributed by atoms with Gasteiger partial charge < -0.3 is 10.1 Å². The highest BCUT2D eigenvalue weighted by molar-refractivity contribution is 7.19. The van der Waals surface area contributed by atoms with Crippen LogP contribution in [0.3, 0.4) is 0 Å². The van der Waals surface area contributed by atoms with Gasteiger partial charge in [-0.2, -0.15) is 5.26 Å². The second kappa shape index (κ2) is 5.87. The molecule has 6 heteroatoms. The molecule has 0 fully saturated rings. The molecule has 1 aliphatic rings. The summed E-state index contributed by atoms with van der Waals surface area (Å²) in [6, 6.07) is 13.8. The summed E-state index contributed by atoms with van der Waals surface area (Å²) in [6.45, 7) is 0. The molecule has 0 saturated heterocycles. The van der Waals surface area contributed by atoms with Gasteiger partial charge in [-0.25, -0.2) is 4.39 Å². The molecular formula is C19H13FN2O2S. The van der Waals surface area contributed by atoms with Gasteiger partial charge in [0.05, 0.1) is 23.9 Å². The van der Waals surface area contributed by atoms with Crippen molar-refractivity contribution in [2.45, 2.75) is 12.0 Å². The lowest BCUT2D eigenvalue weighted by atomic mass is 9.88. The summed E-state index contributed by atoms with van der Waals surface area (Å²) in [5.74, 6) is -0.919. The van der Waals surface area contributed by atoms with E-state index in [1.165, 1.54) is 17.4 Å². The Morgan fingerprint density at radius 1 is 1.24 bits per heavy atom. The molecule has 2 atom stereocenters. The standard InChI is InChI=1S/C19H13FN2O2S/c1-24-11-7-5-10(6-8-11)16-18-15(13(9-21)19(23)22-16)12-3-2-4-14(20)17(12)25-18/h2-8,13,16H,1H3,(H,22,23). The molecule has 0 aliphatic carbocycles. The first-order valence-corrected chi connectivity index (χ1v) is 8.50. The third-order valence-corrected chi connectivity index (χ3v) is 5.71. The summed E-state index contributed by atoms with van der Waals surface area (Å²) >= 11 is 1.29. The Morgan fingerprint density at radius 2 is 2.00 bits per heavy atom. The van der Waals surface area contributed by atoms with Crippen LogP contribution in [0.2, 0.25) is 0 Å². The molecule has 1 amide bonds. The van der Waals surface area contributed by atoms with E-state index in [1.807, 2.05) is 24.3 Å². The molecule has 4 rings (SSSR count). The molecular weight excluding hydrogens is 339 g/mol. The highest BCUT2D eigenvalue weighted by atomic mass is 32.1. The number of benzene rings is 2. The third kappa shape index (κ3) is 2.36. The fraction of sp³-hybridized carbons (Fsp3) is 0.158. The molecule has 1 N–H and O–H groups in total. The fourth-order valence-electron chi connectivity index (χ4n) is 3.21. The molecule has 2 aromatic carbocycles. The summed E-state index contributed by atoms with van der Waals surface area (Å²) in [7, 11) is 1.59. The molecule has 2 heterocycles. The zero-order valence-electron chi connectivity index (χ0n) is 13.2. The van der Waals surface area contributed by atoms with E-state index >= 15 is 0 Å². The number of thiophene rings is 1. The van der Waals surface area contributed by atoms with Crippen molar-refractivity contribution in [3.8, 4) is 11.8 Å². The number of carbonyl (C=O) groups excluding carboxylic acids is 1. The van der Waals surface area contributed by atoms with Crippen LogP contribution >= 0.6 is 11.3 Å². The normalized spacial score (nSPS) is 19.2. The Labute approximate surface area is 147 Å². The number of fused-ring (bicyclic) bond motifs is 3. The summed E-state index contributed by atoms with van der Waals surface area (Å²) in [5.41, 5.74) is 1.48. The maximum Gasteiger partial charge on any atom is 0.242 e. The first-order valence-electron chi connectivity index (χ1n) is 7.68. The van der Waals surface area contributed by atoms with Crippen molar-refractivity contribution in [3.05, 3.63) is 64.3 Å². The van der Waals surface area contributed by atoms with Crippen molar-refractivity contribution < 1.29 is 13.9 Å². The monoisotopic (exact) mass is 352 g/mol. The van der Waals surface area contributed by atoms with Crippen LogP contribution in [0.5, 0.6) is 5.75 Å². The third-order valence-electron chi connectivity index (χ3n) is 4.41. The van der Waals surface area contributed by atoms with Gasteiger partial charge in [-0.3, -0.25) is 4.79 Å². The van der Waals surface area contributed by atoms with Gasteiger partial charge >= 0.3 is 0 Å². The van der Waals surface area contributed by atoms with Crippen molar-refractivity contribution in [2.75, 3.05) is 7.11 Å². The molecule has 0 bridgehead atoms. The molecule has 124 valence electrons. The highest BCUT2D eigenvalue weighted by Gasteiger charge is 2.37. The molecule has 3 aromatic rings. The number of nitrogens with zero attached hydrogens (tertiary/aromatic N) is 1. The average molecular weight is 352 g/mol. The number of amides is 1. The van der Waals surface area contributed by atoms with Crippen LogP contribution in [0.25, 0.3) is 10.1 Å². The maximum absolute atomic E-state index is 14.2. The Morgan fingerprint density at radius 3 is 2.68 bits per heavy atom. The fourth-order valence-corrected chi connectivity index (χ4v) is 4.54. The summed E-state index contributed by atoms with van der Waals surface area (Å²) in [5, 5.41) is 13.0. The van der Waals surface area contributed by atoms with E-state index < -0.39 is 12.0 Å². The van der Waals surface area contributed by atoms with E-state index in [9.17, 15) is 14.4 Å². The quantitative estimate of drug-likeness (QED) is 0.761. The van der Waals surface area contributed by atoms with E-state index in [4.69, 9.17) is 4.74 Å². The topological polar surface area (TPSA) is 62.1 Å². The first kappa shape index (κ1) is 15.6. The minimum Gasteiger partial charge on any atom is -0.497 e. The van der Waals surface area contributed by atoms with Crippen LogP contribution in [0.4, 0.5) is 4.39 Å². The largest absolute Gasteiger partial charge is 0.497 e. The van der Waals surface area contributed by atoms with Gasteiger partial charge in [0.15, 0.2) is 5.92 Å². The predicted octanol–water partition coefficient (Wildman–Crippen LogP) is 3.88. The van der Waals surface area contributed by atoms with E-state index in [-0.39, 0.29) is 11.7 Å². The van der Waals surface area contributed by atoms with Crippen LogP contribution in [-0.4, -0.2) is 13.0 Å². The maximum atomic E-state index is 14.2. The van der Waals surface area contributed by atoms with Crippen LogP contribution in [0.1, 0.15) is 28.0 Å². The van der Waals surface area contributed by atoms with Gasteiger partial charge in [0, 0.05) is 15.8 Å². The Hall–Kier alpha value is -2.91. The van der Waals surface area contributed by atoms with Crippen molar-refractivity contribution in [2.24, 2.45) is 0 Å². The number of nitriles is 1. The number of carbonyl (C=O) groups is 1. The second-order valence-electron chi connectivity index (χ2n) is 5.77. The predicted molar refractivity (Wildman–Crippen MR) is 93.1 cm³/mol. The van der Waals surface area contributed by atoms with Gasteiger partial charge in [0.2, 0.25) is 5.91 Å². The lowest BCUT2D eigenvalue weighted by Gasteiger charge is -2.27. The lowest BCUT2D eigenvalue weighted by molar-refractivity contribution is -0.122. The lowest BCUT2D eigenvalue weighted by Crippen LogP contribution is -2.37. The smallest absolute Gasteiger partial charge is 0.242 e. The van der Waals surface area contributed by atoms with E-state index in [1.54, 1.807) is 19.2 Å². The van der Waals surface area contributed by atoms with Gasteiger partial charge in [0.1, 0.15) is 11.6 Å². The molecule has 1 aromatic heterocycles. The molecule has 2 unspecified atom stereocenters. The minimum atomic E-state index is -0.931. The molecule has 0 saturated carbocycles. The first-order chi connectivity index (χ1) is 12.1. The van der Waals surface area contributed by atoms with E-state index in [2.05, 4.69) is 11.4 Å². The average Bonchev–Trinajstić information content (AvgIpc) is 3.02. The second-order valence-corrected chi connectivity index (χ2v) is 6.83. The SMILES string of the molecule is COc1ccc(C2NC(=O)C(C#N)c3c2sc2c(F)cccc32)cc1. The van der Waals surface area contributed by atoms with Crippen LogP contribution in [0.15, 0.2) is 42.5 Å². The van der Waals surface area contributed by atoms with Crippen molar-refractivity contribution >= 4 is 27.3 Å². The van der Waals surface area contributed by atoms with Gasteiger partial charge in [-0.1, -0.05) is 24.3 Å².